The van der Waals surface area contributed by atoms with Crippen molar-refractivity contribution in [2.24, 2.45) is 11.8 Å². The fourth-order valence-corrected chi connectivity index (χ4v) is 7.84. The van der Waals surface area contributed by atoms with Crippen LogP contribution < -0.4 is 4.72 Å². The van der Waals surface area contributed by atoms with Crippen molar-refractivity contribution in [2.75, 3.05) is 6.26 Å². The molecule has 0 saturated heterocycles. The van der Waals surface area contributed by atoms with Crippen molar-refractivity contribution < 1.29 is 23.1 Å². The molecule has 292 valence electrons. The number of aromatic nitrogens is 4. The van der Waals surface area contributed by atoms with Crippen LogP contribution in [-0.4, -0.2) is 50.8 Å². The molecule has 2 fully saturated rings. The van der Waals surface area contributed by atoms with E-state index in [2.05, 4.69) is 106 Å². The molecule has 6 aromatic rings. The predicted molar refractivity (Wildman–Crippen MR) is 221 cm³/mol. The Morgan fingerprint density at radius 1 is 0.714 bits per heavy atom. The molecule has 2 aliphatic rings. The van der Waals surface area contributed by atoms with Gasteiger partial charge in [-0.2, -0.15) is 0 Å². The van der Waals surface area contributed by atoms with Crippen molar-refractivity contribution in [3.8, 4) is 0 Å². The third-order valence-corrected chi connectivity index (χ3v) is 10.9. The van der Waals surface area contributed by atoms with E-state index >= 15 is 0 Å². The van der Waals surface area contributed by atoms with E-state index in [0.29, 0.717) is 59.0 Å². The summed E-state index contributed by atoms with van der Waals surface area (Å²) in [5.41, 5.74) is 8.49. The molecule has 2 aromatic carbocycles. The Labute approximate surface area is 329 Å². The summed E-state index contributed by atoms with van der Waals surface area (Å²) >= 11 is 0. The van der Waals surface area contributed by atoms with Crippen LogP contribution in [0.1, 0.15) is 120 Å². The first-order chi connectivity index (χ1) is 26.7. The number of hydrogen-bond acceptors (Lipinski definition) is 6. The van der Waals surface area contributed by atoms with E-state index in [1.807, 2.05) is 24.5 Å². The minimum absolute atomic E-state index is 0.335. The summed E-state index contributed by atoms with van der Waals surface area (Å²) in [4.78, 5) is 33.4. The number of nitrogens with one attached hydrogen (secondary N) is 1. The second-order valence-corrected chi connectivity index (χ2v) is 18.2. The summed E-state index contributed by atoms with van der Waals surface area (Å²) in [6, 6.07) is 20.5. The Morgan fingerprint density at radius 2 is 1.16 bits per heavy atom. The molecule has 0 radical (unpaired) electrons. The van der Waals surface area contributed by atoms with Crippen LogP contribution >= 0.6 is 0 Å². The zero-order valence-corrected chi connectivity index (χ0v) is 33.6. The van der Waals surface area contributed by atoms with Gasteiger partial charge in [-0.1, -0.05) is 39.8 Å². The molecule has 0 aliphatic heterocycles. The highest BCUT2D eigenvalue weighted by molar-refractivity contribution is 7.89. The number of fused-ring (bicyclic) bond motifs is 2. The molecule has 2 saturated carbocycles. The van der Waals surface area contributed by atoms with Gasteiger partial charge in [-0.15, -0.1) is 0 Å². The molecule has 0 spiro atoms. The zero-order chi connectivity index (χ0) is 39.7. The highest BCUT2D eigenvalue weighted by Crippen LogP contribution is 2.41. The Bertz CT molecular complexity index is 2530. The van der Waals surface area contributed by atoms with Gasteiger partial charge in [0.15, 0.2) is 0 Å². The topological polar surface area (TPSA) is 136 Å². The fourth-order valence-electron chi connectivity index (χ4n) is 7.40. The average molecular weight is 774 g/mol. The van der Waals surface area contributed by atoms with Crippen molar-refractivity contribution in [3.63, 3.8) is 0 Å². The van der Waals surface area contributed by atoms with Gasteiger partial charge in [-0.05, 0) is 131 Å². The largest absolute Gasteiger partial charge is 0.478 e. The molecular formula is C45H51N5O5S. The molecule has 2 N–H and O–H groups in total. The maximum absolute atomic E-state index is 12.7. The second-order valence-electron chi connectivity index (χ2n) is 16.4. The number of rotatable bonds is 13. The summed E-state index contributed by atoms with van der Waals surface area (Å²) in [5.74, 6) is 0.578. The Hall–Kier alpha value is -5.29. The number of hydrogen-bond donors (Lipinski definition) is 2. The number of carbonyl (C=O) groups excluding carboxylic acids is 1. The first-order valence-corrected chi connectivity index (χ1v) is 21.5. The van der Waals surface area contributed by atoms with Gasteiger partial charge in [0.1, 0.15) is 0 Å². The van der Waals surface area contributed by atoms with Crippen molar-refractivity contribution in [3.05, 3.63) is 130 Å². The number of amides is 1. The number of carboxylic acids is 1. The maximum Gasteiger partial charge on any atom is 0.337 e. The number of carboxylic acid groups (broad SMARTS) is 1. The molecule has 4 heterocycles. The summed E-state index contributed by atoms with van der Waals surface area (Å²) in [5, 5.41) is 11.9. The molecule has 2 aliphatic carbocycles. The van der Waals surface area contributed by atoms with Gasteiger partial charge in [0, 0.05) is 61.8 Å². The van der Waals surface area contributed by atoms with Gasteiger partial charge < -0.3 is 14.2 Å². The number of pyridine rings is 2. The fraction of sp³-hybridized carbons (Fsp3) is 0.378. The molecule has 0 bridgehead atoms. The van der Waals surface area contributed by atoms with Crippen LogP contribution in [0.2, 0.25) is 0 Å². The van der Waals surface area contributed by atoms with Crippen LogP contribution in [0.4, 0.5) is 0 Å². The Kier molecular flexibility index (Phi) is 11.2. The second kappa shape index (κ2) is 16.1. The van der Waals surface area contributed by atoms with Crippen LogP contribution in [0.15, 0.2) is 85.5 Å². The third kappa shape index (κ3) is 9.56. The zero-order valence-electron chi connectivity index (χ0n) is 32.8. The molecule has 1 amide bonds. The van der Waals surface area contributed by atoms with E-state index in [0.717, 1.165) is 72.7 Å². The van der Waals surface area contributed by atoms with Crippen LogP contribution in [-0.2, 0) is 36.0 Å². The molecule has 8 rings (SSSR count). The number of sulfonamides is 1. The first-order valence-electron chi connectivity index (χ1n) is 19.6. The Morgan fingerprint density at radius 3 is 1.57 bits per heavy atom. The van der Waals surface area contributed by atoms with Gasteiger partial charge in [0.05, 0.1) is 28.8 Å². The monoisotopic (exact) mass is 773 g/mol. The van der Waals surface area contributed by atoms with Crippen molar-refractivity contribution in [2.45, 2.75) is 91.1 Å². The lowest BCUT2D eigenvalue weighted by Crippen LogP contribution is -2.30. The summed E-state index contributed by atoms with van der Waals surface area (Å²) in [7, 11) is -3.64. The summed E-state index contributed by atoms with van der Waals surface area (Å²) < 4.78 is 29.8. The van der Waals surface area contributed by atoms with Gasteiger partial charge in [0.25, 0.3) is 5.91 Å². The quantitative estimate of drug-likeness (QED) is 0.120. The lowest BCUT2D eigenvalue weighted by molar-refractivity contribution is 0.0694. The molecule has 0 atom stereocenters. The lowest BCUT2D eigenvalue weighted by atomic mass is 10.0. The van der Waals surface area contributed by atoms with Crippen LogP contribution in [0.5, 0.6) is 0 Å². The van der Waals surface area contributed by atoms with Gasteiger partial charge in [0.2, 0.25) is 10.0 Å². The maximum atomic E-state index is 12.7. The van der Waals surface area contributed by atoms with E-state index < -0.39 is 21.9 Å². The SMILES string of the molecule is CC(C)Cn1ccc2cc(Cc3ncc(C4CC4)cc3C(=O)NS(C)(=O)=O)ccc21.CC(C)Cn1ccc2cc(Cc3ncc(C4CC4)cc3C(=O)O)ccc21. The molecule has 0 unspecified atom stereocenters. The van der Waals surface area contributed by atoms with Gasteiger partial charge in [-0.25, -0.2) is 17.9 Å². The van der Waals surface area contributed by atoms with Crippen molar-refractivity contribution in [1.29, 1.82) is 0 Å². The van der Waals surface area contributed by atoms with Gasteiger partial charge in [-0.3, -0.25) is 14.8 Å². The predicted octanol–water partition coefficient (Wildman–Crippen LogP) is 8.71. The van der Waals surface area contributed by atoms with Crippen molar-refractivity contribution >= 4 is 43.7 Å². The summed E-state index contributed by atoms with van der Waals surface area (Å²) in [6.45, 7) is 10.8. The van der Waals surface area contributed by atoms with E-state index in [4.69, 9.17) is 0 Å². The standard InChI is InChI=1S/C23H27N3O3S.C22H24N2O2/c1-15(2)14-26-9-8-18-10-16(4-7-22(18)26)11-21-20(23(27)25-30(3,28)29)12-19(13-24-21)17-5-6-17;1-14(2)13-24-8-7-17-9-15(3-6-21(17)24)10-20-19(22(25)26)11-18(12-23-20)16-4-5-16/h4,7-10,12-13,15,17H,5-6,11,14H2,1-3H3,(H,25,27);3,6-9,11-12,14,16H,4-5,10,13H2,1-2H3,(H,25,26). The van der Waals surface area contributed by atoms with Crippen LogP contribution in [0.3, 0.4) is 0 Å². The first kappa shape index (κ1) is 39.0. The smallest absolute Gasteiger partial charge is 0.337 e. The lowest BCUT2D eigenvalue weighted by Gasteiger charge is -2.12. The normalized spacial score (nSPS) is 14.3. The van der Waals surface area contributed by atoms with Crippen LogP contribution in [0.25, 0.3) is 21.8 Å². The number of nitrogens with zero attached hydrogens (tertiary/aromatic N) is 4. The highest BCUT2D eigenvalue weighted by Gasteiger charge is 2.27. The van der Waals surface area contributed by atoms with Crippen LogP contribution in [0, 0.1) is 11.8 Å². The van der Waals surface area contributed by atoms with Crippen molar-refractivity contribution in [1.82, 2.24) is 23.8 Å². The van der Waals surface area contributed by atoms with E-state index in [1.54, 1.807) is 6.07 Å². The highest BCUT2D eigenvalue weighted by atomic mass is 32.2. The van der Waals surface area contributed by atoms with Gasteiger partial charge >= 0.3 is 5.97 Å². The molecule has 11 heteroatoms. The Balaban J connectivity index is 0.000000173. The summed E-state index contributed by atoms with van der Waals surface area (Å²) in [6.07, 6.45) is 14.3. The molecule has 10 nitrogen and oxygen atoms in total. The molecule has 56 heavy (non-hydrogen) atoms. The van der Waals surface area contributed by atoms with E-state index in [1.165, 1.54) is 16.4 Å². The van der Waals surface area contributed by atoms with E-state index in [-0.39, 0.29) is 0 Å². The number of aromatic carboxylic acids is 1. The number of carbonyl (C=O) groups is 2. The molecule has 4 aromatic heterocycles. The third-order valence-electron chi connectivity index (χ3n) is 10.4. The average Bonchev–Trinajstić information content (AvgIpc) is 4.08. The van der Waals surface area contributed by atoms with E-state index in [9.17, 15) is 23.1 Å². The minimum Gasteiger partial charge on any atom is -0.478 e. The minimum atomic E-state index is -3.64. The number of benzene rings is 2. The molecular weight excluding hydrogens is 723 g/mol.